The minimum absolute atomic E-state index is 0.195. The Bertz CT molecular complexity index is 1210. The maximum Gasteiger partial charge on any atom is 0.305 e. The number of ether oxygens (including phenoxy) is 7. The summed E-state index contributed by atoms with van der Waals surface area (Å²) in [5.74, 6) is -0.959. The predicted octanol–water partition coefficient (Wildman–Crippen LogP) is 4.08. The number of ketones is 1. The van der Waals surface area contributed by atoms with E-state index in [0.29, 0.717) is 18.8 Å². The van der Waals surface area contributed by atoms with Crippen LogP contribution in [0.25, 0.3) is 0 Å². The molecule has 7 atom stereocenters. The maximum atomic E-state index is 13.1. The molecule has 2 aromatic rings. The first kappa shape index (κ1) is 31.4. The van der Waals surface area contributed by atoms with Crippen LogP contribution in [0.2, 0.25) is 0 Å². The molecular formula is C32H38O10. The fraction of sp³-hybridized carbons (Fsp3) is 0.469. The number of carbonyl (C=O) groups excluding carboxylic acids is 3. The molecule has 0 aliphatic carbocycles. The number of rotatable bonds is 13. The summed E-state index contributed by atoms with van der Waals surface area (Å²) in [6.07, 6.45) is -2.24. The fourth-order valence-electron chi connectivity index (χ4n) is 5.10. The zero-order chi connectivity index (χ0) is 30.1. The van der Waals surface area contributed by atoms with E-state index < -0.39 is 60.6 Å². The summed E-state index contributed by atoms with van der Waals surface area (Å²) in [6.45, 7) is 5.01. The SMILES string of the molecule is CCC[C@H]1O[C@@H]([C@H](OC(C)=O)[C@H]2OC(OC(C)=O)C=CC2=O)[C@H](OCc2ccc(OC)cc2)[C@H]1OCc1ccccc1. The summed E-state index contributed by atoms with van der Waals surface area (Å²) >= 11 is 0. The molecule has 2 aliphatic rings. The lowest BCUT2D eigenvalue weighted by molar-refractivity contribution is -0.211. The van der Waals surface area contributed by atoms with E-state index in [1.807, 2.05) is 61.5 Å². The van der Waals surface area contributed by atoms with Crippen molar-refractivity contribution in [3.63, 3.8) is 0 Å². The molecule has 2 aromatic carbocycles. The molecule has 10 nitrogen and oxygen atoms in total. The van der Waals surface area contributed by atoms with Gasteiger partial charge in [-0.15, -0.1) is 0 Å². The van der Waals surface area contributed by atoms with E-state index in [4.69, 9.17) is 33.2 Å². The third-order valence-corrected chi connectivity index (χ3v) is 6.99. The first-order valence-corrected chi connectivity index (χ1v) is 14.1. The van der Waals surface area contributed by atoms with Crippen molar-refractivity contribution in [3.8, 4) is 5.75 Å². The van der Waals surface area contributed by atoms with Gasteiger partial charge in [0, 0.05) is 13.8 Å². The van der Waals surface area contributed by atoms with Crippen molar-refractivity contribution in [3.05, 3.63) is 77.9 Å². The molecule has 10 heteroatoms. The van der Waals surface area contributed by atoms with E-state index in [1.54, 1.807) is 7.11 Å². The van der Waals surface area contributed by atoms with Crippen LogP contribution in [0.15, 0.2) is 66.7 Å². The molecule has 1 unspecified atom stereocenters. The average Bonchev–Trinajstić information content (AvgIpc) is 3.32. The van der Waals surface area contributed by atoms with Gasteiger partial charge in [0.25, 0.3) is 0 Å². The number of methoxy groups -OCH3 is 1. The molecular weight excluding hydrogens is 544 g/mol. The smallest absolute Gasteiger partial charge is 0.305 e. The normalized spacial score (nSPS) is 26.0. The van der Waals surface area contributed by atoms with Gasteiger partial charge in [0.1, 0.15) is 24.1 Å². The number of hydrogen-bond donors (Lipinski definition) is 0. The highest BCUT2D eigenvalue weighted by molar-refractivity contribution is 5.95. The Morgan fingerprint density at radius 1 is 0.881 bits per heavy atom. The van der Waals surface area contributed by atoms with Gasteiger partial charge in [-0.05, 0) is 41.8 Å². The van der Waals surface area contributed by atoms with E-state index in [2.05, 4.69) is 0 Å². The number of carbonyl (C=O) groups is 3. The Morgan fingerprint density at radius 3 is 2.17 bits per heavy atom. The molecule has 1 saturated heterocycles. The van der Waals surface area contributed by atoms with E-state index in [-0.39, 0.29) is 6.61 Å². The monoisotopic (exact) mass is 582 g/mol. The van der Waals surface area contributed by atoms with E-state index in [9.17, 15) is 14.4 Å². The van der Waals surface area contributed by atoms with Crippen LogP contribution in [0.3, 0.4) is 0 Å². The van der Waals surface area contributed by atoms with Gasteiger partial charge in [0.05, 0.1) is 26.4 Å². The average molecular weight is 583 g/mol. The van der Waals surface area contributed by atoms with Crippen molar-refractivity contribution in [2.75, 3.05) is 7.11 Å². The van der Waals surface area contributed by atoms with Crippen LogP contribution in [0, 0.1) is 0 Å². The van der Waals surface area contributed by atoms with Crippen LogP contribution < -0.4 is 4.74 Å². The third kappa shape index (κ3) is 8.25. The zero-order valence-electron chi connectivity index (χ0n) is 24.3. The lowest BCUT2D eigenvalue weighted by Gasteiger charge is -2.35. The van der Waals surface area contributed by atoms with E-state index in [0.717, 1.165) is 17.5 Å². The van der Waals surface area contributed by atoms with Crippen LogP contribution in [0.1, 0.15) is 44.7 Å². The van der Waals surface area contributed by atoms with Gasteiger partial charge in [-0.2, -0.15) is 0 Å². The second kappa shape index (κ2) is 15.1. The Labute approximate surface area is 245 Å². The van der Waals surface area contributed by atoms with Gasteiger partial charge in [-0.3, -0.25) is 14.4 Å². The molecule has 0 saturated carbocycles. The molecule has 0 radical (unpaired) electrons. The molecule has 0 spiro atoms. The van der Waals surface area contributed by atoms with Crippen LogP contribution in [-0.2, 0) is 56.0 Å². The molecule has 1 fully saturated rings. The topological polar surface area (TPSA) is 116 Å². The van der Waals surface area contributed by atoms with Crippen molar-refractivity contribution in [2.45, 2.75) is 89.7 Å². The Balaban J connectivity index is 1.65. The zero-order valence-corrected chi connectivity index (χ0v) is 24.3. The van der Waals surface area contributed by atoms with Crippen LogP contribution in [-0.4, -0.2) is 67.7 Å². The Hall–Kier alpha value is -3.57. The van der Waals surface area contributed by atoms with Crippen LogP contribution in [0.4, 0.5) is 0 Å². The molecule has 2 heterocycles. The van der Waals surface area contributed by atoms with Gasteiger partial charge in [0.15, 0.2) is 18.0 Å². The van der Waals surface area contributed by atoms with Gasteiger partial charge in [-0.25, -0.2) is 0 Å². The highest BCUT2D eigenvalue weighted by Gasteiger charge is 2.54. The van der Waals surface area contributed by atoms with Gasteiger partial charge < -0.3 is 33.2 Å². The van der Waals surface area contributed by atoms with Gasteiger partial charge >= 0.3 is 11.9 Å². The second-order valence-corrected chi connectivity index (χ2v) is 10.2. The Morgan fingerprint density at radius 2 is 1.55 bits per heavy atom. The number of hydrogen-bond acceptors (Lipinski definition) is 10. The van der Waals surface area contributed by atoms with Crippen molar-refractivity contribution >= 4 is 17.7 Å². The molecule has 0 bridgehead atoms. The molecule has 0 amide bonds. The highest BCUT2D eigenvalue weighted by Crippen LogP contribution is 2.36. The molecule has 4 rings (SSSR count). The van der Waals surface area contributed by atoms with Crippen LogP contribution >= 0.6 is 0 Å². The molecule has 0 N–H and O–H groups in total. The van der Waals surface area contributed by atoms with Crippen molar-refractivity contribution in [1.82, 2.24) is 0 Å². The third-order valence-electron chi connectivity index (χ3n) is 6.99. The summed E-state index contributed by atoms with van der Waals surface area (Å²) in [6, 6.07) is 17.2. The quantitative estimate of drug-likeness (QED) is 0.320. The molecule has 226 valence electrons. The molecule has 2 aliphatic heterocycles. The summed E-state index contributed by atoms with van der Waals surface area (Å²) in [7, 11) is 1.60. The summed E-state index contributed by atoms with van der Waals surface area (Å²) in [5, 5.41) is 0. The van der Waals surface area contributed by atoms with Crippen molar-refractivity contribution < 1.29 is 47.5 Å². The standard InChI is InChI=1S/C32H38O10/c1-5-9-26-29(37-18-22-10-7-6-8-11-22)30(38-19-23-12-14-24(36-4)15-13-23)32(41-26)31(40-21(3)34)28-25(35)16-17-27(42-28)39-20(2)33/h6-8,10-17,26-32H,5,9,18-19H2,1-4H3/t26-,27?,28+,29+,30-,31-,32-/m1/s1. The van der Waals surface area contributed by atoms with Crippen LogP contribution in [0.5, 0.6) is 5.75 Å². The van der Waals surface area contributed by atoms with Gasteiger partial charge in [0.2, 0.25) is 6.29 Å². The highest BCUT2D eigenvalue weighted by atomic mass is 16.7. The first-order valence-electron chi connectivity index (χ1n) is 14.1. The minimum Gasteiger partial charge on any atom is -0.497 e. The lowest BCUT2D eigenvalue weighted by atomic mass is 9.95. The summed E-state index contributed by atoms with van der Waals surface area (Å²) < 4.78 is 41.4. The predicted molar refractivity (Wildman–Crippen MR) is 150 cm³/mol. The van der Waals surface area contributed by atoms with Crippen molar-refractivity contribution in [2.24, 2.45) is 0 Å². The summed E-state index contributed by atoms with van der Waals surface area (Å²) in [5.41, 5.74) is 1.85. The number of esters is 2. The van der Waals surface area contributed by atoms with Crippen molar-refractivity contribution in [1.29, 1.82) is 0 Å². The van der Waals surface area contributed by atoms with E-state index in [1.165, 1.54) is 26.0 Å². The fourth-order valence-corrected chi connectivity index (χ4v) is 5.10. The lowest BCUT2D eigenvalue weighted by Crippen LogP contribution is -2.53. The second-order valence-electron chi connectivity index (χ2n) is 10.2. The maximum absolute atomic E-state index is 13.1. The largest absolute Gasteiger partial charge is 0.497 e. The van der Waals surface area contributed by atoms with E-state index >= 15 is 0 Å². The summed E-state index contributed by atoms with van der Waals surface area (Å²) in [4.78, 5) is 37.0. The Kier molecular flexibility index (Phi) is 11.2. The first-order chi connectivity index (χ1) is 20.3. The molecule has 42 heavy (non-hydrogen) atoms. The van der Waals surface area contributed by atoms with Gasteiger partial charge in [-0.1, -0.05) is 55.8 Å². The minimum atomic E-state index is -1.30. The molecule has 0 aromatic heterocycles. The number of benzene rings is 2.